The molecule has 0 unspecified atom stereocenters. The molecule has 2 aromatic heterocycles. The first-order valence-corrected chi connectivity index (χ1v) is 12.0. The van der Waals surface area contributed by atoms with Gasteiger partial charge in [-0.05, 0) is 74.2 Å². The maximum atomic E-state index is 8.89. The predicted octanol–water partition coefficient (Wildman–Crippen LogP) is 4.65. The maximum absolute atomic E-state index is 8.89. The molecule has 2 heterocycles. The molecule has 0 N–H and O–H groups in total. The standard InChI is InChI=1S/C28H32N6/c1-23-9-11-25-27(19-23)33(15-5-3-13-29)21-31(25)17-7-8-18-32-22-34(16-6-4-14-30)28-20-24(2)10-12-26(28)32/h7-12,19-22H,3-6,15-18H2,1-2H3/q+2/b8-7-. The highest BCUT2D eigenvalue weighted by atomic mass is 15.1. The highest BCUT2D eigenvalue weighted by Gasteiger charge is 2.16. The summed E-state index contributed by atoms with van der Waals surface area (Å²) in [6, 6.07) is 17.6. The topological polar surface area (TPSA) is 65.2 Å². The number of aromatic nitrogens is 4. The molecule has 0 spiro atoms. The molecule has 0 fully saturated rings. The first-order valence-electron chi connectivity index (χ1n) is 12.0. The summed E-state index contributed by atoms with van der Waals surface area (Å²) in [4.78, 5) is 0. The number of unbranched alkanes of at least 4 members (excludes halogenated alkanes) is 2. The van der Waals surface area contributed by atoms with Crippen molar-refractivity contribution in [1.82, 2.24) is 9.13 Å². The van der Waals surface area contributed by atoms with Crippen LogP contribution in [-0.4, -0.2) is 9.13 Å². The second kappa shape index (κ2) is 10.8. The third-order valence-electron chi connectivity index (χ3n) is 6.20. The SMILES string of the molecule is Cc1ccc2c(c1)n(CCCC#N)c[n+]2C/C=C\C[n+]1cn(CCCC#N)c2cc(C)ccc21. The lowest BCUT2D eigenvalue weighted by Gasteiger charge is -1.96. The zero-order chi connectivity index (χ0) is 23.9. The van der Waals surface area contributed by atoms with E-state index in [9.17, 15) is 0 Å². The number of rotatable bonds is 10. The molecule has 4 rings (SSSR count). The van der Waals surface area contributed by atoms with Crippen LogP contribution in [-0.2, 0) is 26.2 Å². The van der Waals surface area contributed by atoms with Crippen LogP contribution in [0.3, 0.4) is 0 Å². The van der Waals surface area contributed by atoms with Crippen molar-refractivity contribution in [2.75, 3.05) is 0 Å². The summed E-state index contributed by atoms with van der Waals surface area (Å²) in [5, 5.41) is 17.8. The van der Waals surface area contributed by atoms with E-state index in [4.69, 9.17) is 10.5 Å². The molecule has 0 aliphatic heterocycles. The summed E-state index contributed by atoms with van der Waals surface area (Å²) in [6.07, 6.45) is 11.7. The monoisotopic (exact) mass is 452 g/mol. The molecule has 6 nitrogen and oxygen atoms in total. The summed E-state index contributed by atoms with van der Waals surface area (Å²) in [5.41, 5.74) is 7.35. The van der Waals surface area contributed by atoms with Gasteiger partial charge >= 0.3 is 0 Å². The fourth-order valence-corrected chi connectivity index (χ4v) is 4.48. The summed E-state index contributed by atoms with van der Waals surface area (Å²) >= 11 is 0. The van der Waals surface area contributed by atoms with Crippen LogP contribution in [0.5, 0.6) is 0 Å². The molecule has 0 radical (unpaired) electrons. The van der Waals surface area contributed by atoms with Gasteiger partial charge in [0.2, 0.25) is 12.7 Å². The number of nitriles is 2. The summed E-state index contributed by atoms with van der Waals surface area (Å²) in [5.74, 6) is 0. The van der Waals surface area contributed by atoms with Crippen molar-refractivity contribution in [3.8, 4) is 12.1 Å². The van der Waals surface area contributed by atoms with Gasteiger partial charge in [-0.15, -0.1) is 0 Å². The molecule has 34 heavy (non-hydrogen) atoms. The Morgan fingerprint density at radius 1 is 0.735 bits per heavy atom. The molecule has 2 aromatic carbocycles. The Labute approximate surface area is 201 Å². The van der Waals surface area contributed by atoms with Crippen LogP contribution >= 0.6 is 0 Å². The van der Waals surface area contributed by atoms with Gasteiger partial charge in [-0.25, -0.2) is 18.3 Å². The van der Waals surface area contributed by atoms with Crippen LogP contribution in [0.2, 0.25) is 0 Å². The zero-order valence-corrected chi connectivity index (χ0v) is 20.1. The van der Waals surface area contributed by atoms with E-state index < -0.39 is 0 Å². The molecular formula is C28H32N6+2. The van der Waals surface area contributed by atoms with Gasteiger partial charge in [0, 0.05) is 12.8 Å². The van der Waals surface area contributed by atoms with E-state index >= 15 is 0 Å². The highest BCUT2D eigenvalue weighted by Crippen LogP contribution is 2.16. The van der Waals surface area contributed by atoms with Crippen molar-refractivity contribution in [1.29, 1.82) is 10.5 Å². The smallest absolute Gasteiger partial charge is 0.230 e. The third kappa shape index (κ3) is 5.18. The van der Waals surface area contributed by atoms with Gasteiger partial charge in [0.25, 0.3) is 0 Å². The van der Waals surface area contributed by atoms with Gasteiger partial charge in [0.05, 0.1) is 25.2 Å². The minimum atomic E-state index is 0.576. The Morgan fingerprint density at radius 2 is 1.18 bits per heavy atom. The number of hydrogen-bond acceptors (Lipinski definition) is 2. The second-order valence-electron chi connectivity index (χ2n) is 8.90. The average molecular weight is 453 g/mol. The van der Waals surface area contributed by atoms with E-state index in [1.807, 2.05) is 0 Å². The fourth-order valence-electron chi connectivity index (χ4n) is 4.48. The van der Waals surface area contributed by atoms with Crippen molar-refractivity contribution >= 4 is 22.1 Å². The van der Waals surface area contributed by atoms with Crippen molar-refractivity contribution < 1.29 is 9.13 Å². The van der Waals surface area contributed by atoms with E-state index in [0.717, 1.165) is 39.0 Å². The quantitative estimate of drug-likeness (QED) is 0.200. The summed E-state index contributed by atoms with van der Waals surface area (Å²) < 4.78 is 9.08. The van der Waals surface area contributed by atoms with E-state index in [1.165, 1.54) is 33.2 Å². The summed E-state index contributed by atoms with van der Waals surface area (Å²) in [6.45, 7) is 7.53. The van der Waals surface area contributed by atoms with Gasteiger partial charge < -0.3 is 0 Å². The Hall–Kier alpha value is -3.90. The minimum Gasteiger partial charge on any atom is -0.230 e. The molecule has 172 valence electrons. The van der Waals surface area contributed by atoms with Crippen molar-refractivity contribution in [3.05, 3.63) is 72.3 Å². The lowest BCUT2D eigenvalue weighted by Crippen LogP contribution is -2.33. The second-order valence-corrected chi connectivity index (χ2v) is 8.90. The highest BCUT2D eigenvalue weighted by molar-refractivity contribution is 5.73. The molecule has 4 aromatic rings. The van der Waals surface area contributed by atoms with Gasteiger partial charge in [-0.1, -0.05) is 12.1 Å². The number of benzene rings is 2. The molecule has 6 heteroatoms. The van der Waals surface area contributed by atoms with Crippen molar-refractivity contribution in [2.45, 2.75) is 65.7 Å². The maximum Gasteiger partial charge on any atom is 0.245 e. The Morgan fingerprint density at radius 3 is 1.59 bits per heavy atom. The predicted molar refractivity (Wildman–Crippen MR) is 133 cm³/mol. The van der Waals surface area contributed by atoms with Gasteiger partial charge in [-0.2, -0.15) is 10.5 Å². The van der Waals surface area contributed by atoms with Crippen LogP contribution in [0.1, 0.15) is 36.8 Å². The molecular weight excluding hydrogens is 420 g/mol. The van der Waals surface area contributed by atoms with Crippen LogP contribution in [0.15, 0.2) is 61.2 Å². The Balaban J connectivity index is 1.51. The van der Waals surface area contributed by atoms with E-state index in [0.29, 0.717) is 12.8 Å². The molecule has 0 aliphatic carbocycles. The molecule has 0 saturated carbocycles. The first-order chi connectivity index (χ1) is 16.6. The van der Waals surface area contributed by atoms with Gasteiger partial charge in [0.1, 0.15) is 13.1 Å². The third-order valence-corrected chi connectivity index (χ3v) is 6.20. The van der Waals surface area contributed by atoms with Crippen LogP contribution in [0.25, 0.3) is 22.1 Å². The van der Waals surface area contributed by atoms with Crippen molar-refractivity contribution in [2.24, 2.45) is 0 Å². The molecule has 0 aliphatic rings. The van der Waals surface area contributed by atoms with E-state index in [2.05, 4.69) is 105 Å². The normalized spacial score (nSPS) is 11.4. The molecule has 0 atom stereocenters. The largest absolute Gasteiger partial charge is 0.245 e. The first kappa shape index (κ1) is 23.3. The van der Waals surface area contributed by atoms with Crippen molar-refractivity contribution in [3.63, 3.8) is 0 Å². The van der Waals surface area contributed by atoms with E-state index in [-0.39, 0.29) is 0 Å². The lowest BCUT2D eigenvalue weighted by atomic mass is 10.2. The van der Waals surface area contributed by atoms with Crippen LogP contribution in [0.4, 0.5) is 0 Å². The number of imidazole rings is 2. The lowest BCUT2D eigenvalue weighted by molar-refractivity contribution is -0.666. The number of allylic oxidation sites excluding steroid dienone is 2. The fraction of sp³-hybridized carbons (Fsp3) is 0.357. The molecule has 0 saturated heterocycles. The number of aryl methyl sites for hydroxylation is 4. The van der Waals surface area contributed by atoms with Crippen LogP contribution in [0, 0.1) is 36.5 Å². The number of hydrogen-bond donors (Lipinski definition) is 0. The Kier molecular flexibility index (Phi) is 7.40. The average Bonchev–Trinajstić information content (AvgIpc) is 3.34. The Bertz CT molecular complexity index is 1300. The zero-order valence-electron chi connectivity index (χ0n) is 20.1. The summed E-state index contributed by atoms with van der Waals surface area (Å²) in [7, 11) is 0. The number of nitrogens with zero attached hydrogens (tertiary/aromatic N) is 6. The van der Waals surface area contributed by atoms with Gasteiger partial charge in [-0.3, -0.25) is 0 Å². The molecule has 0 amide bonds. The minimum absolute atomic E-state index is 0.576. The van der Waals surface area contributed by atoms with E-state index in [1.54, 1.807) is 0 Å². The number of fused-ring (bicyclic) bond motifs is 2. The molecule has 0 bridgehead atoms. The van der Waals surface area contributed by atoms with Crippen LogP contribution < -0.4 is 9.13 Å². The van der Waals surface area contributed by atoms with Gasteiger partial charge in [0.15, 0.2) is 22.1 Å².